The highest BCUT2D eigenvalue weighted by molar-refractivity contribution is 5.91. The lowest BCUT2D eigenvalue weighted by atomic mass is 9.99. The molecule has 0 aromatic rings. The smallest absolute Gasteiger partial charge is 0.326 e. The second-order valence-corrected chi connectivity index (χ2v) is 7.03. The van der Waals surface area contributed by atoms with Gasteiger partial charge in [0, 0.05) is 0 Å². The molecule has 5 N–H and O–H groups in total. The Labute approximate surface area is 138 Å². The van der Waals surface area contributed by atoms with Crippen LogP contribution >= 0.6 is 0 Å². The quantitative estimate of drug-likeness (QED) is 0.497. The van der Waals surface area contributed by atoms with Gasteiger partial charge >= 0.3 is 5.97 Å². The molecule has 0 spiro atoms. The molecule has 0 aliphatic rings. The molecule has 3 atom stereocenters. The predicted molar refractivity (Wildman–Crippen MR) is 88.6 cm³/mol. The summed E-state index contributed by atoms with van der Waals surface area (Å²) in [6, 6.07) is -2.50. The summed E-state index contributed by atoms with van der Waals surface area (Å²) < 4.78 is 0. The van der Waals surface area contributed by atoms with Crippen LogP contribution in [0.2, 0.25) is 0 Å². The molecule has 7 heteroatoms. The monoisotopic (exact) mass is 329 g/mol. The Morgan fingerprint density at radius 3 is 1.78 bits per heavy atom. The summed E-state index contributed by atoms with van der Waals surface area (Å²) in [5.74, 6) is -2.16. The van der Waals surface area contributed by atoms with Crippen LogP contribution in [0.25, 0.3) is 0 Å². The van der Waals surface area contributed by atoms with Crippen molar-refractivity contribution >= 4 is 17.8 Å². The van der Waals surface area contributed by atoms with Gasteiger partial charge in [0.15, 0.2) is 0 Å². The largest absolute Gasteiger partial charge is 0.480 e. The fraction of sp³-hybridized carbons (Fsp3) is 0.812. The van der Waals surface area contributed by atoms with Gasteiger partial charge in [-0.25, -0.2) is 4.79 Å². The average molecular weight is 329 g/mol. The maximum atomic E-state index is 12.4. The van der Waals surface area contributed by atoms with Crippen LogP contribution in [0.5, 0.6) is 0 Å². The minimum absolute atomic E-state index is 0.0554. The standard InChI is InChI=1S/C16H31N3O4/c1-8(2)7-11(18-15(21)12(17)9(3)4)14(20)19-13(10(5)6)16(22)23/h8-13H,7,17H2,1-6H3,(H,18,21)(H,19,20)(H,22,23)/t11-,12-,13-/m0/s1. The van der Waals surface area contributed by atoms with E-state index in [1.54, 1.807) is 13.8 Å². The first-order valence-electron chi connectivity index (χ1n) is 8.06. The number of hydrogen-bond donors (Lipinski definition) is 4. The molecule has 0 radical (unpaired) electrons. The molecule has 0 bridgehead atoms. The van der Waals surface area contributed by atoms with Crippen LogP contribution in [0.1, 0.15) is 48.0 Å². The van der Waals surface area contributed by atoms with Crippen molar-refractivity contribution in [3.63, 3.8) is 0 Å². The van der Waals surface area contributed by atoms with Gasteiger partial charge in [-0.15, -0.1) is 0 Å². The fourth-order valence-corrected chi connectivity index (χ4v) is 2.04. The molecule has 0 fully saturated rings. The van der Waals surface area contributed by atoms with Crippen molar-refractivity contribution in [3.8, 4) is 0 Å². The molecule has 0 unspecified atom stereocenters. The van der Waals surface area contributed by atoms with Crippen molar-refractivity contribution in [1.29, 1.82) is 0 Å². The molecule has 2 amide bonds. The normalized spacial score (nSPS) is 15.4. The van der Waals surface area contributed by atoms with E-state index in [9.17, 15) is 19.5 Å². The molecule has 0 aromatic heterocycles. The highest BCUT2D eigenvalue weighted by Gasteiger charge is 2.30. The molecule has 0 saturated carbocycles. The van der Waals surface area contributed by atoms with Crippen molar-refractivity contribution in [1.82, 2.24) is 10.6 Å². The van der Waals surface area contributed by atoms with Crippen molar-refractivity contribution in [2.24, 2.45) is 23.5 Å². The molecule has 0 aliphatic carbocycles. The van der Waals surface area contributed by atoms with Gasteiger partial charge in [-0.1, -0.05) is 41.5 Å². The van der Waals surface area contributed by atoms with Crippen molar-refractivity contribution < 1.29 is 19.5 Å². The molecule has 0 saturated heterocycles. The summed E-state index contributed by atoms with van der Waals surface area (Å²) in [5.41, 5.74) is 5.80. The zero-order chi connectivity index (χ0) is 18.3. The van der Waals surface area contributed by atoms with Crippen LogP contribution in [-0.4, -0.2) is 41.0 Å². The maximum absolute atomic E-state index is 12.4. The van der Waals surface area contributed by atoms with Gasteiger partial charge in [-0.2, -0.15) is 0 Å². The molecule has 0 aliphatic heterocycles. The van der Waals surface area contributed by atoms with Crippen LogP contribution < -0.4 is 16.4 Å². The lowest BCUT2D eigenvalue weighted by Gasteiger charge is -2.26. The third-order valence-electron chi connectivity index (χ3n) is 3.59. The number of carbonyl (C=O) groups is 3. The molecule has 0 rings (SSSR count). The van der Waals surface area contributed by atoms with E-state index in [-0.39, 0.29) is 17.8 Å². The Kier molecular flexibility index (Phi) is 8.82. The SMILES string of the molecule is CC(C)C[C@H](NC(=O)[C@@H](N)C(C)C)C(=O)N[C@H](C(=O)O)C(C)C. The average Bonchev–Trinajstić information content (AvgIpc) is 2.41. The fourth-order valence-electron chi connectivity index (χ4n) is 2.04. The van der Waals surface area contributed by atoms with Gasteiger partial charge in [-0.05, 0) is 24.2 Å². The van der Waals surface area contributed by atoms with Gasteiger partial charge in [0.25, 0.3) is 0 Å². The summed E-state index contributed by atoms with van der Waals surface area (Å²) in [5, 5.41) is 14.3. The molecular weight excluding hydrogens is 298 g/mol. The third kappa shape index (κ3) is 7.45. The highest BCUT2D eigenvalue weighted by atomic mass is 16.4. The Bertz CT molecular complexity index is 422. The Morgan fingerprint density at radius 2 is 1.43 bits per heavy atom. The summed E-state index contributed by atoms with van der Waals surface area (Å²) in [6.45, 7) is 10.9. The molecule has 0 heterocycles. The lowest BCUT2D eigenvalue weighted by Crippen LogP contribution is -2.56. The molecule has 23 heavy (non-hydrogen) atoms. The third-order valence-corrected chi connectivity index (χ3v) is 3.59. The van der Waals surface area contributed by atoms with E-state index in [4.69, 9.17) is 5.73 Å². The molecular formula is C16H31N3O4. The minimum atomic E-state index is -1.10. The summed E-state index contributed by atoms with van der Waals surface area (Å²) >= 11 is 0. The Morgan fingerprint density at radius 1 is 0.913 bits per heavy atom. The summed E-state index contributed by atoms with van der Waals surface area (Å²) in [4.78, 5) is 35.7. The zero-order valence-corrected chi connectivity index (χ0v) is 14.9. The van der Waals surface area contributed by atoms with Crippen LogP contribution in [0.4, 0.5) is 0 Å². The van der Waals surface area contributed by atoms with Gasteiger partial charge < -0.3 is 21.5 Å². The number of hydrogen-bond acceptors (Lipinski definition) is 4. The van der Waals surface area contributed by atoms with Crippen molar-refractivity contribution in [2.75, 3.05) is 0 Å². The molecule has 0 aromatic carbocycles. The number of rotatable bonds is 9. The van der Waals surface area contributed by atoms with E-state index >= 15 is 0 Å². The first-order chi connectivity index (χ1) is 10.5. The zero-order valence-electron chi connectivity index (χ0n) is 14.9. The van der Waals surface area contributed by atoms with Gasteiger partial charge in [0.1, 0.15) is 12.1 Å². The van der Waals surface area contributed by atoms with Crippen LogP contribution in [0, 0.1) is 17.8 Å². The highest BCUT2D eigenvalue weighted by Crippen LogP contribution is 2.09. The number of amides is 2. The van der Waals surface area contributed by atoms with Crippen LogP contribution in [0.15, 0.2) is 0 Å². The van der Waals surface area contributed by atoms with E-state index in [2.05, 4.69) is 10.6 Å². The number of aliphatic carboxylic acids is 1. The van der Waals surface area contributed by atoms with E-state index < -0.39 is 35.9 Å². The summed E-state index contributed by atoms with van der Waals surface area (Å²) in [7, 11) is 0. The second kappa shape index (κ2) is 9.50. The minimum Gasteiger partial charge on any atom is -0.480 e. The van der Waals surface area contributed by atoms with Crippen molar-refractivity contribution in [2.45, 2.75) is 66.1 Å². The second-order valence-electron chi connectivity index (χ2n) is 7.03. The number of carbonyl (C=O) groups excluding carboxylic acids is 2. The number of carboxylic acids is 1. The maximum Gasteiger partial charge on any atom is 0.326 e. The summed E-state index contributed by atoms with van der Waals surface area (Å²) in [6.07, 6.45) is 0.410. The van der Waals surface area contributed by atoms with Gasteiger partial charge in [0.2, 0.25) is 11.8 Å². The van der Waals surface area contributed by atoms with E-state index in [0.717, 1.165) is 0 Å². The van der Waals surface area contributed by atoms with Gasteiger partial charge in [0.05, 0.1) is 6.04 Å². The first-order valence-corrected chi connectivity index (χ1v) is 8.06. The van der Waals surface area contributed by atoms with Crippen molar-refractivity contribution in [3.05, 3.63) is 0 Å². The van der Waals surface area contributed by atoms with Crippen LogP contribution in [0.3, 0.4) is 0 Å². The Hall–Kier alpha value is -1.63. The predicted octanol–water partition coefficient (Wildman–Crippen LogP) is 0.726. The van der Waals surface area contributed by atoms with Gasteiger partial charge in [-0.3, -0.25) is 9.59 Å². The Balaban J connectivity index is 5.05. The van der Waals surface area contributed by atoms with E-state index in [1.165, 1.54) is 0 Å². The van der Waals surface area contributed by atoms with Crippen LogP contribution in [-0.2, 0) is 14.4 Å². The topological polar surface area (TPSA) is 122 Å². The first kappa shape index (κ1) is 21.4. The number of carboxylic acid groups (broad SMARTS) is 1. The van der Waals surface area contributed by atoms with E-state index in [1.807, 2.05) is 27.7 Å². The molecule has 134 valence electrons. The lowest BCUT2D eigenvalue weighted by molar-refractivity contribution is -0.143. The number of nitrogens with two attached hydrogens (primary N) is 1. The molecule has 7 nitrogen and oxygen atoms in total. The number of nitrogens with one attached hydrogen (secondary N) is 2. The van der Waals surface area contributed by atoms with E-state index in [0.29, 0.717) is 6.42 Å².